The van der Waals surface area contributed by atoms with Crippen molar-refractivity contribution in [1.82, 2.24) is 4.90 Å². The molecule has 0 spiro atoms. The lowest BCUT2D eigenvalue weighted by molar-refractivity contribution is 0.0507. The number of carbonyl (C=O) groups is 1. The van der Waals surface area contributed by atoms with Crippen molar-refractivity contribution in [2.45, 2.75) is 32.4 Å². The Labute approximate surface area is 164 Å². The van der Waals surface area contributed by atoms with Crippen molar-refractivity contribution in [3.05, 3.63) is 65.4 Å². The van der Waals surface area contributed by atoms with Crippen molar-refractivity contribution in [3.8, 4) is 5.75 Å². The molecule has 28 heavy (non-hydrogen) atoms. The summed E-state index contributed by atoms with van der Waals surface area (Å²) < 4.78 is 16.7. The molecule has 4 rings (SSSR count). The Bertz CT molecular complexity index is 954. The minimum Gasteiger partial charge on any atom is -0.497 e. The van der Waals surface area contributed by atoms with Crippen molar-refractivity contribution in [3.63, 3.8) is 0 Å². The SMILES string of the molecule is COc1ccc(CN(C[C@@H]2CCCO2)C(=O)c2ccc3oc(C)cc3c2)cc1. The van der Waals surface area contributed by atoms with Crippen LogP contribution in [-0.4, -0.2) is 37.2 Å². The number of furan rings is 1. The van der Waals surface area contributed by atoms with Crippen LogP contribution in [0.5, 0.6) is 5.75 Å². The molecule has 1 amide bonds. The number of aryl methyl sites for hydroxylation is 1. The number of benzene rings is 2. The summed E-state index contributed by atoms with van der Waals surface area (Å²) in [7, 11) is 1.65. The Balaban J connectivity index is 1.58. The molecule has 1 aliphatic heterocycles. The zero-order valence-corrected chi connectivity index (χ0v) is 16.3. The van der Waals surface area contributed by atoms with Crippen LogP contribution in [0.3, 0.4) is 0 Å². The van der Waals surface area contributed by atoms with Gasteiger partial charge in [0.05, 0.1) is 13.2 Å². The first-order valence-electron chi connectivity index (χ1n) is 9.66. The van der Waals surface area contributed by atoms with E-state index >= 15 is 0 Å². The molecule has 1 saturated heterocycles. The van der Waals surface area contributed by atoms with Crippen molar-refractivity contribution in [2.24, 2.45) is 0 Å². The van der Waals surface area contributed by atoms with E-state index in [1.807, 2.05) is 60.4 Å². The van der Waals surface area contributed by atoms with E-state index in [1.165, 1.54) is 0 Å². The maximum atomic E-state index is 13.3. The van der Waals surface area contributed by atoms with Gasteiger partial charge in [-0.05, 0) is 61.7 Å². The van der Waals surface area contributed by atoms with Crippen molar-refractivity contribution in [1.29, 1.82) is 0 Å². The highest BCUT2D eigenvalue weighted by Crippen LogP contribution is 2.23. The van der Waals surface area contributed by atoms with Gasteiger partial charge in [0, 0.05) is 30.6 Å². The summed E-state index contributed by atoms with van der Waals surface area (Å²) in [5, 5.41) is 0.949. The van der Waals surface area contributed by atoms with Crippen molar-refractivity contribution in [2.75, 3.05) is 20.3 Å². The van der Waals surface area contributed by atoms with E-state index in [0.717, 1.165) is 47.5 Å². The van der Waals surface area contributed by atoms with E-state index in [0.29, 0.717) is 18.7 Å². The monoisotopic (exact) mass is 379 g/mol. The summed E-state index contributed by atoms with van der Waals surface area (Å²) in [5.74, 6) is 1.66. The van der Waals surface area contributed by atoms with Crippen LogP contribution in [0.4, 0.5) is 0 Å². The fraction of sp³-hybridized carbons (Fsp3) is 0.348. The van der Waals surface area contributed by atoms with E-state index in [4.69, 9.17) is 13.9 Å². The van der Waals surface area contributed by atoms with Crippen LogP contribution in [0, 0.1) is 6.92 Å². The molecule has 0 radical (unpaired) electrons. The maximum Gasteiger partial charge on any atom is 0.254 e. The second-order valence-corrected chi connectivity index (χ2v) is 7.28. The molecule has 1 aliphatic rings. The normalized spacial score (nSPS) is 16.4. The summed E-state index contributed by atoms with van der Waals surface area (Å²) in [4.78, 5) is 15.2. The van der Waals surface area contributed by atoms with Gasteiger partial charge in [0.1, 0.15) is 17.1 Å². The third-order valence-electron chi connectivity index (χ3n) is 5.15. The van der Waals surface area contributed by atoms with E-state index in [9.17, 15) is 4.79 Å². The molecule has 3 aromatic rings. The molecule has 2 heterocycles. The first-order valence-corrected chi connectivity index (χ1v) is 9.66. The van der Waals surface area contributed by atoms with Crippen molar-refractivity contribution >= 4 is 16.9 Å². The fourth-order valence-electron chi connectivity index (χ4n) is 3.70. The molecule has 0 saturated carbocycles. The maximum absolute atomic E-state index is 13.3. The zero-order valence-electron chi connectivity index (χ0n) is 16.3. The Hall–Kier alpha value is -2.79. The number of ether oxygens (including phenoxy) is 2. The molecular formula is C23H25NO4. The quantitative estimate of drug-likeness (QED) is 0.629. The smallest absolute Gasteiger partial charge is 0.254 e. The molecule has 2 aromatic carbocycles. The van der Waals surface area contributed by atoms with Crippen molar-refractivity contribution < 1.29 is 18.7 Å². The standard InChI is InChI=1S/C23H25NO4/c1-16-12-19-13-18(7-10-22(19)28-16)23(25)24(15-21-4-3-11-27-21)14-17-5-8-20(26-2)9-6-17/h5-10,12-13,21H,3-4,11,14-15H2,1-2H3/t21-/m0/s1. The molecule has 5 heteroatoms. The molecule has 0 aliphatic carbocycles. The molecule has 1 fully saturated rings. The van der Waals surface area contributed by atoms with Gasteiger partial charge in [0.15, 0.2) is 0 Å². The number of carbonyl (C=O) groups excluding carboxylic acids is 1. The van der Waals surface area contributed by atoms with Crippen LogP contribution in [-0.2, 0) is 11.3 Å². The van der Waals surface area contributed by atoms with Gasteiger partial charge >= 0.3 is 0 Å². The van der Waals surface area contributed by atoms with E-state index in [1.54, 1.807) is 7.11 Å². The minimum atomic E-state index is 0.00655. The number of rotatable bonds is 6. The third kappa shape index (κ3) is 4.04. The fourth-order valence-corrected chi connectivity index (χ4v) is 3.70. The molecule has 0 bridgehead atoms. The lowest BCUT2D eigenvalue weighted by Gasteiger charge is -2.26. The highest BCUT2D eigenvalue weighted by molar-refractivity contribution is 5.97. The summed E-state index contributed by atoms with van der Waals surface area (Å²) in [6, 6.07) is 15.4. The molecular weight excluding hydrogens is 354 g/mol. The van der Waals surface area contributed by atoms with Crippen LogP contribution >= 0.6 is 0 Å². The van der Waals surface area contributed by atoms with Crippen LogP contribution in [0.25, 0.3) is 11.0 Å². The lowest BCUT2D eigenvalue weighted by atomic mass is 10.1. The molecule has 0 unspecified atom stereocenters. The third-order valence-corrected chi connectivity index (χ3v) is 5.15. The van der Waals surface area contributed by atoms with Gasteiger partial charge in [-0.2, -0.15) is 0 Å². The van der Waals surface area contributed by atoms with E-state index in [-0.39, 0.29) is 12.0 Å². The van der Waals surface area contributed by atoms with Gasteiger partial charge in [0.2, 0.25) is 0 Å². The van der Waals surface area contributed by atoms with Gasteiger partial charge in [-0.3, -0.25) is 4.79 Å². The van der Waals surface area contributed by atoms with Crippen LogP contribution in [0.15, 0.2) is 52.9 Å². The molecule has 146 valence electrons. The molecule has 1 atom stereocenters. The number of hydrogen-bond donors (Lipinski definition) is 0. The second kappa shape index (κ2) is 8.07. The Kier molecular flexibility index (Phi) is 5.35. The Morgan fingerprint density at radius 2 is 2.00 bits per heavy atom. The molecule has 5 nitrogen and oxygen atoms in total. The number of amides is 1. The van der Waals surface area contributed by atoms with Gasteiger partial charge < -0.3 is 18.8 Å². The highest BCUT2D eigenvalue weighted by atomic mass is 16.5. The number of hydrogen-bond acceptors (Lipinski definition) is 4. The summed E-state index contributed by atoms with van der Waals surface area (Å²) >= 11 is 0. The van der Waals surface area contributed by atoms with E-state index < -0.39 is 0 Å². The largest absolute Gasteiger partial charge is 0.497 e. The topological polar surface area (TPSA) is 51.9 Å². The highest BCUT2D eigenvalue weighted by Gasteiger charge is 2.24. The number of fused-ring (bicyclic) bond motifs is 1. The predicted octanol–water partition coefficient (Wildman–Crippen LogP) is 4.57. The van der Waals surface area contributed by atoms with Gasteiger partial charge in [0.25, 0.3) is 5.91 Å². The molecule has 1 aromatic heterocycles. The van der Waals surface area contributed by atoms with Gasteiger partial charge in [-0.25, -0.2) is 0 Å². The lowest BCUT2D eigenvalue weighted by Crippen LogP contribution is -2.37. The average molecular weight is 379 g/mol. The average Bonchev–Trinajstić information content (AvgIpc) is 3.35. The van der Waals surface area contributed by atoms with Gasteiger partial charge in [-0.1, -0.05) is 12.1 Å². The summed E-state index contributed by atoms with van der Waals surface area (Å²) in [5.41, 5.74) is 2.53. The summed E-state index contributed by atoms with van der Waals surface area (Å²) in [6.07, 6.45) is 2.14. The minimum absolute atomic E-state index is 0.00655. The van der Waals surface area contributed by atoms with Crippen LogP contribution in [0.2, 0.25) is 0 Å². The number of nitrogens with zero attached hydrogens (tertiary/aromatic N) is 1. The first kappa shape index (κ1) is 18.6. The second-order valence-electron chi connectivity index (χ2n) is 7.28. The van der Waals surface area contributed by atoms with Gasteiger partial charge in [-0.15, -0.1) is 0 Å². The number of methoxy groups -OCH3 is 1. The van der Waals surface area contributed by atoms with Crippen LogP contribution in [0.1, 0.15) is 34.5 Å². The zero-order chi connectivity index (χ0) is 19.5. The summed E-state index contributed by atoms with van der Waals surface area (Å²) in [6.45, 7) is 3.81. The Morgan fingerprint density at radius 1 is 1.18 bits per heavy atom. The predicted molar refractivity (Wildman–Crippen MR) is 108 cm³/mol. The van der Waals surface area contributed by atoms with Crippen LogP contribution < -0.4 is 4.74 Å². The Morgan fingerprint density at radius 3 is 2.71 bits per heavy atom. The van der Waals surface area contributed by atoms with E-state index in [2.05, 4.69) is 0 Å². The molecule has 0 N–H and O–H groups in total. The first-order chi connectivity index (χ1) is 13.6.